The molecule has 0 saturated carbocycles. The van der Waals surface area contributed by atoms with Gasteiger partial charge in [0.2, 0.25) is 0 Å². The SMILES string of the molecule is O=C(O)CCCn1cc(CC(=O)O)c2c(/C=C/c3ccc(OCCCCOc4ccc(F)c(F)c4)cc3)cccc21. The molecule has 9 heteroatoms. The zero-order chi connectivity index (χ0) is 29.2. The highest BCUT2D eigenvalue weighted by atomic mass is 19.2. The maximum atomic E-state index is 13.2. The summed E-state index contributed by atoms with van der Waals surface area (Å²) in [6.07, 6.45) is 7.47. The molecule has 0 unspecified atom stereocenters. The Morgan fingerprint density at radius 3 is 2.20 bits per heavy atom. The molecule has 0 amide bonds. The van der Waals surface area contributed by atoms with E-state index in [2.05, 4.69) is 0 Å². The monoisotopic (exact) mass is 563 g/mol. The number of hydrogen-bond acceptors (Lipinski definition) is 4. The zero-order valence-corrected chi connectivity index (χ0v) is 22.4. The van der Waals surface area contributed by atoms with Crippen LogP contribution in [0.1, 0.15) is 42.4 Å². The summed E-state index contributed by atoms with van der Waals surface area (Å²) in [6, 6.07) is 16.8. The van der Waals surface area contributed by atoms with Gasteiger partial charge >= 0.3 is 11.9 Å². The molecular formula is C32H31F2NO6. The third-order valence-electron chi connectivity index (χ3n) is 6.45. The van der Waals surface area contributed by atoms with E-state index in [0.29, 0.717) is 43.9 Å². The first kappa shape index (κ1) is 29.3. The van der Waals surface area contributed by atoms with Crippen LogP contribution in [0.3, 0.4) is 0 Å². The Balaban J connectivity index is 1.33. The smallest absolute Gasteiger partial charge is 0.307 e. The second kappa shape index (κ2) is 14.1. The molecule has 4 rings (SSSR count). The van der Waals surface area contributed by atoms with E-state index in [0.717, 1.165) is 40.6 Å². The van der Waals surface area contributed by atoms with Crippen molar-refractivity contribution in [2.75, 3.05) is 13.2 Å². The normalized spacial score (nSPS) is 11.3. The summed E-state index contributed by atoms with van der Waals surface area (Å²) in [6.45, 7) is 1.33. The van der Waals surface area contributed by atoms with Crippen LogP contribution < -0.4 is 9.47 Å². The molecule has 2 N–H and O–H groups in total. The van der Waals surface area contributed by atoms with Crippen LogP contribution >= 0.6 is 0 Å². The van der Waals surface area contributed by atoms with Gasteiger partial charge in [-0.2, -0.15) is 0 Å². The van der Waals surface area contributed by atoms with Crippen LogP contribution in [0.5, 0.6) is 11.5 Å². The second-order valence-corrected chi connectivity index (χ2v) is 9.54. The van der Waals surface area contributed by atoms with E-state index in [1.165, 1.54) is 6.07 Å². The molecule has 0 aliphatic carbocycles. The van der Waals surface area contributed by atoms with Gasteiger partial charge in [0.1, 0.15) is 11.5 Å². The van der Waals surface area contributed by atoms with Gasteiger partial charge in [-0.1, -0.05) is 36.4 Å². The molecule has 3 aromatic carbocycles. The highest BCUT2D eigenvalue weighted by Crippen LogP contribution is 2.28. The van der Waals surface area contributed by atoms with E-state index in [4.69, 9.17) is 14.6 Å². The number of nitrogens with zero attached hydrogens (tertiary/aromatic N) is 1. The number of carbonyl (C=O) groups is 2. The van der Waals surface area contributed by atoms with Gasteiger partial charge in [-0.25, -0.2) is 8.78 Å². The molecule has 0 spiro atoms. The van der Waals surface area contributed by atoms with Crippen molar-refractivity contribution in [2.45, 2.75) is 38.6 Å². The van der Waals surface area contributed by atoms with Crippen LogP contribution in [-0.4, -0.2) is 39.9 Å². The van der Waals surface area contributed by atoms with Crippen molar-refractivity contribution in [3.8, 4) is 11.5 Å². The van der Waals surface area contributed by atoms with Gasteiger partial charge < -0.3 is 24.3 Å². The van der Waals surface area contributed by atoms with Gasteiger partial charge in [-0.3, -0.25) is 9.59 Å². The summed E-state index contributed by atoms with van der Waals surface area (Å²) in [4.78, 5) is 22.4. The van der Waals surface area contributed by atoms with E-state index in [1.54, 1.807) is 6.20 Å². The number of hydrogen-bond donors (Lipinski definition) is 2. The van der Waals surface area contributed by atoms with Crippen LogP contribution in [0, 0.1) is 11.6 Å². The molecule has 1 aromatic heterocycles. The Bertz CT molecular complexity index is 1530. The number of carboxylic acids is 2. The first-order valence-electron chi connectivity index (χ1n) is 13.3. The number of halogens is 2. The number of aliphatic carboxylic acids is 2. The molecule has 0 aliphatic rings. The summed E-state index contributed by atoms with van der Waals surface area (Å²) in [5.41, 5.74) is 3.37. The van der Waals surface area contributed by atoms with Crippen LogP contribution in [-0.2, 0) is 22.6 Å². The quantitative estimate of drug-likeness (QED) is 0.122. The van der Waals surface area contributed by atoms with Crippen LogP contribution in [0.25, 0.3) is 23.1 Å². The van der Waals surface area contributed by atoms with Gasteiger partial charge in [0.25, 0.3) is 0 Å². The number of aryl methyl sites for hydroxylation is 1. The maximum Gasteiger partial charge on any atom is 0.307 e. The molecule has 1 heterocycles. The van der Waals surface area contributed by atoms with E-state index in [-0.39, 0.29) is 18.6 Å². The molecular weight excluding hydrogens is 532 g/mol. The summed E-state index contributed by atoms with van der Waals surface area (Å²) in [5, 5.41) is 19.2. The summed E-state index contributed by atoms with van der Waals surface area (Å²) in [7, 11) is 0. The predicted molar refractivity (Wildman–Crippen MR) is 152 cm³/mol. The minimum absolute atomic E-state index is 0.0431. The summed E-state index contributed by atoms with van der Waals surface area (Å²) < 4.78 is 39.3. The average Bonchev–Trinajstić information content (AvgIpc) is 3.29. The molecule has 0 bridgehead atoms. The van der Waals surface area contributed by atoms with E-state index >= 15 is 0 Å². The highest BCUT2D eigenvalue weighted by Gasteiger charge is 2.14. The van der Waals surface area contributed by atoms with Gasteiger partial charge in [-0.15, -0.1) is 0 Å². The zero-order valence-electron chi connectivity index (χ0n) is 22.4. The number of aromatic nitrogens is 1. The van der Waals surface area contributed by atoms with Crippen molar-refractivity contribution in [1.29, 1.82) is 0 Å². The topological polar surface area (TPSA) is 98.0 Å². The van der Waals surface area contributed by atoms with Crippen LogP contribution in [0.4, 0.5) is 8.78 Å². The Kier molecular flexibility index (Phi) is 10.1. The van der Waals surface area contributed by atoms with Crippen molar-refractivity contribution in [2.24, 2.45) is 0 Å². The predicted octanol–water partition coefficient (Wildman–Crippen LogP) is 6.82. The number of fused-ring (bicyclic) bond motifs is 1. The maximum absolute atomic E-state index is 13.2. The standard InChI is InChI=1S/C32H31F2NO6/c33-27-15-14-26(20-28(27)34)41-18-2-1-17-40-25-12-9-22(10-13-25)8-11-23-5-3-6-29-32(23)24(19-31(38)39)21-35(29)16-4-7-30(36)37/h3,5-6,8-15,20-21H,1-2,4,7,16-19H2,(H,36,37)(H,38,39)/b11-8+. The van der Waals surface area contributed by atoms with Crippen LogP contribution in [0.2, 0.25) is 0 Å². The minimum atomic E-state index is -0.937. The fraction of sp³-hybridized carbons (Fsp3) is 0.250. The Hall–Kier alpha value is -4.66. The largest absolute Gasteiger partial charge is 0.494 e. The second-order valence-electron chi connectivity index (χ2n) is 9.54. The van der Waals surface area contributed by atoms with Crippen molar-refractivity contribution >= 4 is 35.0 Å². The lowest BCUT2D eigenvalue weighted by Crippen LogP contribution is -2.03. The van der Waals surface area contributed by atoms with Crippen LogP contribution in [0.15, 0.2) is 66.9 Å². The third kappa shape index (κ3) is 8.41. The molecule has 4 aromatic rings. The summed E-state index contributed by atoms with van der Waals surface area (Å²) >= 11 is 0. The number of rotatable bonds is 15. The fourth-order valence-electron chi connectivity index (χ4n) is 4.50. The summed E-state index contributed by atoms with van der Waals surface area (Å²) in [5.74, 6) is -2.63. The minimum Gasteiger partial charge on any atom is -0.494 e. The van der Waals surface area contributed by atoms with E-state index in [1.807, 2.05) is 59.2 Å². The van der Waals surface area contributed by atoms with Crippen molar-refractivity contribution in [3.05, 3.63) is 95.2 Å². The molecule has 0 aliphatic heterocycles. The number of benzene rings is 3. The molecule has 7 nitrogen and oxygen atoms in total. The molecule has 214 valence electrons. The lowest BCUT2D eigenvalue weighted by Gasteiger charge is -2.08. The average molecular weight is 564 g/mol. The lowest BCUT2D eigenvalue weighted by atomic mass is 10.0. The van der Waals surface area contributed by atoms with Crippen molar-refractivity contribution in [1.82, 2.24) is 4.57 Å². The first-order valence-corrected chi connectivity index (χ1v) is 13.3. The molecule has 41 heavy (non-hydrogen) atoms. The lowest BCUT2D eigenvalue weighted by molar-refractivity contribution is -0.137. The molecule has 0 atom stereocenters. The number of ether oxygens (including phenoxy) is 2. The first-order chi connectivity index (χ1) is 19.8. The van der Waals surface area contributed by atoms with Gasteiger partial charge in [0, 0.05) is 36.1 Å². The van der Waals surface area contributed by atoms with Gasteiger partial charge in [0.15, 0.2) is 11.6 Å². The van der Waals surface area contributed by atoms with E-state index < -0.39 is 23.6 Å². The fourth-order valence-corrected chi connectivity index (χ4v) is 4.50. The molecule has 0 saturated heterocycles. The van der Waals surface area contributed by atoms with Gasteiger partial charge in [0.05, 0.1) is 19.6 Å². The Morgan fingerprint density at radius 1 is 0.805 bits per heavy atom. The molecule has 0 radical (unpaired) electrons. The van der Waals surface area contributed by atoms with Crippen molar-refractivity contribution in [3.63, 3.8) is 0 Å². The number of unbranched alkanes of at least 4 members (excludes halogenated alkanes) is 1. The van der Waals surface area contributed by atoms with Crippen molar-refractivity contribution < 1.29 is 38.1 Å². The van der Waals surface area contributed by atoms with Gasteiger partial charge in [-0.05, 0) is 66.3 Å². The Labute approximate surface area is 236 Å². The third-order valence-corrected chi connectivity index (χ3v) is 6.45. The Morgan fingerprint density at radius 2 is 1.51 bits per heavy atom. The number of carboxylic acid groups (broad SMARTS) is 2. The van der Waals surface area contributed by atoms with E-state index in [9.17, 15) is 23.5 Å². The highest BCUT2D eigenvalue weighted by molar-refractivity contribution is 5.96. The molecule has 0 fully saturated rings.